The molecule has 0 bridgehead atoms. The van der Waals surface area contributed by atoms with Crippen LogP contribution in [-0.2, 0) is 4.74 Å². The Labute approximate surface area is 122 Å². The molecule has 4 fully saturated rings. The van der Waals surface area contributed by atoms with E-state index in [9.17, 15) is 0 Å². The van der Waals surface area contributed by atoms with E-state index in [1.807, 2.05) is 0 Å². The Morgan fingerprint density at radius 3 is 2.45 bits per heavy atom. The monoisotopic (exact) mass is 279 g/mol. The highest BCUT2D eigenvalue weighted by atomic mass is 16.5. The quantitative estimate of drug-likeness (QED) is 0.810. The van der Waals surface area contributed by atoms with E-state index in [4.69, 9.17) is 4.74 Å². The van der Waals surface area contributed by atoms with Crippen LogP contribution in [0.15, 0.2) is 0 Å². The van der Waals surface area contributed by atoms with Crippen molar-refractivity contribution in [3.63, 3.8) is 0 Å². The minimum atomic E-state index is 0.802. The lowest BCUT2D eigenvalue weighted by Crippen LogP contribution is -2.51. The van der Waals surface area contributed by atoms with E-state index in [2.05, 4.69) is 15.1 Å². The largest absolute Gasteiger partial charge is 0.379 e. The minimum Gasteiger partial charge on any atom is -0.379 e. The molecule has 4 heteroatoms. The molecular weight excluding hydrogens is 250 g/mol. The average Bonchev–Trinajstić information content (AvgIpc) is 3.16. The molecule has 0 radical (unpaired) electrons. The van der Waals surface area contributed by atoms with Crippen molar-refractivity contribution in [1.82, 2.24) is 15.1 Å². The van der Waals surface area contributed by atoms with Crippen LogP contribution in [0.3, 0.4) is 0 Å². The lowest BCUT2D eigenvalue weighted by atomic mass is 9.78. The van der Waals surface area contributed by atoms with E-state index in [-0.39, 0.29) is 0 Å². The lowest BCUT2D eigenvalue weighted by Gasteiger charge is -2.43. The Kier molecular flexibility index (Phi) is 3.99. The van der Waals surface area contributed by atoms with Crippen molar-refractivity contribution in [2.24, 2.45) is 5.92 Å². The molecule has 3 unspecified atom stereocenters. The molecule has 0 aromatic heterocycles. The van der Waals surface area contributed by atoms with Crippen LogP contribution in [0, 0.1) is 5.92 Å². The van der Waals surface area contributed by atoms with Crippen LogP contribution >= 0.6 is 0 Å². The van der Waals surface area contributed by atoms with E-state index < -0.39 is 0 Å². The van der Waals surface area contributed by atoms with Gasteiger partial charge in [-0.1, -0.05) is 0 Å². The summed E-state index contributed by atoms with van der Waals surface area (Å²) in [6.07, 6.45) is 7.09. The second-order valence-electron chi connectivity index (χ2n) is 7.17. The van der Waals surface area contributed by atoms with Gasteiger partial charge in [0.1, 0.15) is 0 Å². The number of ether oxygens (including phenoxy) is 1. The zero-order chi connectivity index (χ0) is 13.4. The number of hydrogen-bond acceptors (Lipinski definition) is 4. The minimum absolute atomic E-state index is 0.802. The first-order valence-corrected chi connectivity index (χ1v) is 8.69. The average molecular weight is 279 g/mol. The van der Waals surface area contributed by atoms with E-state index in [0.717, 1.165) is 50.3 Å². The zero-order valence-electron chi connectivity index (χ0n) is 12.6. The van der Waals surface area contributed by atoms with Gasteiger partial charge in [-0.25, -0.2) is 0 Å². The molecular formula is C16H29N3O. The maximum atomic E-state index is 5.48. The Bertz CT molecular complexity index is 328. The highest BCUT2D eigenvalue weighted by Crippen LogP contribution is 2.35. The summed E-state index contributed by atoms with van der Waals surface area (Å²) < 4.78 is 5.48. The molecule has 3 atom stereocenters. The van der Waals surface area contributed by atoms with Gasteiger partial charge in [0.15, 0.2) is 0 Å². The smallest absolute Gasteiger partial charge is 0.0594 e. The molecule has 20 heavy (non-hydrogen) atoms. The van der Waals surface area contributed by atoms with Crippen LogP contribution in [-0.4, -0.2) is 73.9 Å². The normalized spacial score (nSPS) is 39.9. The maximum absolute atomic E-state index is 5.48. The summed E-state index contributed by atoms with van der Waals surface area (Å²) in [6, 6.07) is 2.56. The summed E-state index contributed by atoms with van der Waals surface area (Å²) in [5.74, 6) is 0.930. The summed E-state index contributed by atoms with van der Waals surface area (Å²) in [6.45, 7) is 8.08. The van der Waals surface area contributed by atoms with Crippen molar-refractivity contribution < 1.29 is 4.74 Å². The van der Waals surface area contributed by atoms with Crippen molar-refractivity contribution in [3.05, 3.63) is 0 Å². The topological polar surface area (TPSA) is 27.7 Å². The first kappa shape index (κ1) is 13.5. The van der Waals surface area contributed by atoms with Gasteiger partial charge in [-0.3, -0.25) is 9.80 Å². The molecule has 4 nitrogen and oxygen atoms in total. The standard InChI is InChI=1S/C16H29N3O/c1-4-16(13(1)11-17-14-2-3-14)19-6-5-15(12-19)18-7-9-20-10-8-18/h13-17H,1-12H2. The lowest BCUT2D eigenvalue weighted by molar-refractivity contribution is 0.0133. The molecule has 4 rings (SSSR count). The van der Waals surface area contributed by atoms with Crippen molar-refractivity contribution in [2.45, 2.75) is 50.2 Å². The fraction of sp³-hybridized carbons (Fsp3) is 1.00. The van der Waals surface area contributed by atoms with E-state index in [0.29, 0.717) is 0 Å². The first-order valence-electron chi connectivity index (χ1n) is 8.69. The fourth-order valence-electron chi connectivity index (χ4n) is 4.19. The van der Waals surface area contributed by atoms with Crippen molar-refractivity contribution in [2.75, 3.05) is 45.9 Å². The van der Waals surface area contributed by atoms with Gasteiger partial charge < -0.3 is 10.1 Å². The summed E-state index contributed by atoms with van der Waals surface area (Å²) in [5.41, 5.74) is 0. The summed E-state index contributed by atoms with van der Waals surface area (Å²) in [7, 11) is 0. The number of likely N-dealkylation sites (tertiary alicyclic amines) is 1. The van der Waals surface area contributed by atoms with Crippen molar-refractivity contribution >= 4 is 0 Å². The first-order chi connectivity index (χ1) is 9.90. The maximum Gasteiger partial charge on any atom is 0.0594 e. The molecule has 0 spiro atoms. The van der Waals surface area contributed by atoms with Gasteiger partial charge in [-0.2, -0.15) is 0 Å². The molecule has 2 aliphatic carbocycles. The second kappa shape index (κ2) is 5.91. The number of nitrogens with zero attached hydrogens (tertiary/aromatic N) is 2. The van der Waals surface area contributed by atoms with Crippen LogP contribution in [0.25, 0.3) is 0 Å². The van der Waals surface area contributed by atoms with Crippen LogP contribution in [0.2, 0.25) is 0 Å². The molecule has 2 saturated carbocycles. The van der Waals surface area contributed by atoms with E-state index >= 15 is 0 Å². The molecule has 114 valence electrons. The third-order valence-electron chi connectivity index (χ3n) is 5.85. The summed E-state index contributed by atoms with van der Waals surface area (Å²) >= 11 is 0. The van der Waals surface area contributed by atoms with Gasteiger partial charge in [-0.05, 0) is 44.6 Å². The van der Waals surface area contributed by atoms with Gasteiger partial charge in [0.05, 0.1) is 13.2 Å². The number of morpholine rings is 1. The second-order valence-corrected chi connectivity index (χ2v) is 7.17. The predicted octanol–water partition coefficient (Wildman–Crippen LogP) is 0.924. The van der Waals surface area contributed by atoms with Gasteiger partial charge in [-0.15, -0.1) is 0 Å². The molecule has 0 aromatic carbocycles. The molecule has 2 saturated heterocycles. The molecule has 2 aliphatic heterocycles. The highest BCUT2D eigenvalue weighted by Gasteiger charge is 2.40. The summed E-state index contributed by atoms with van der Waals surface area (Å²) in [4.78, 5) is 5.46. The molecule has 1 N–H and O–H groups in total. The Balaban J connectivity index is 1.25. The number of rotatable bonds is 5. The zero-order valence-corrected chi connectivity index (χ0v) is 12.6. The third-order valence-corrected chi connectivity index (χ3v) is 5.85. The van der Waals surface area contributed by atoms with Crippen LogP contribution < -0.4 is 5.32 Å². The van der Waals surface area contributed by atoms with Crippen molar-refractivity contribution in [1.29, 1.82) is 0 Å². The molecule has 4 aliphatic rings. The third kappa shape index (κ3) is 2.89. The van der Waals surface area contributed by atoms with Crippen molar-refractivity contribution in [3.8, 4) is 0 Å². The van der Waals surface area contributed by atoms with Crippen LogP contribution in [0.1, 0.15) is 32.1 Å². The van der Waals surface area contributed by atoms with E-state index in [1.165, 1.54) is 51.7 Å². The van der Waals surface area contributed by atoms with Crippen LogP contribution in [0.4, 0.5) is 0 Å². The van der Waals surface area contributed by atoms with E-state index in [1.54, 1.807) is 0 Å². The number of hydrogen-bond donors (Lipinski definition) is 1. The summed E-state index contributed by atoms with van der Waals surface area (Å²) in [5, 5.41) is 3.73. The van der Waals surface area contributed by atoms with Gasteiger partial charge in [0.25, 0.3) is 0 Å². The van der Waals surface area contributed by atoms with Gasteiger partial charge in [0, 0.05) is 44.3 Å². The fourth-order valence-corrected chi connectivity index (χ4v) is 4.19. The Morgan fingerprint density at radius 1 is 0.900 bits per heavy atom. The molecule has 0 amide bonds. The highest BCUT2D eigenvalue weighted by molar-refractivity contribution is 4.96. The Morgan fingerprint density at radius 2 is 1.75 bits per heavy atom. The molecule has 0 aromatic rings. The number of nitrogens with one attached hydrogen (secondary N) is 1. The van der Waals surface area contributed by atoms with Gasteiger partial charge >= 0.3 is 0 Å². The SMILES string of the molecule is C1CN(C2CCN(C3CCC3CNC3CC3)C2)CCO1. The molecule has 2 heterocycles. The predicted molar refractivity (Wildman–Crippen MR) is 79.9 cm³/mol. The van der Waals surface area contributed by atoms with Crippen LogP contribution in [0.5, 0.6) is 0 Å². The van der Waals surface area contributed by atoms with Gasteiger partial charge in [0.2, 0.25) is 0 Å². The Hall–Kier alpha value is -0.160.